The van der Waals surface area contributed by atoms with Crippen molar-refractivity contribution < 1.29 is 18.0 Å². The first-order valence-corrected chi connectivity index (χ1v) is 5.42. The zero-order chi connectivity index (χ0) is 12.3. The van der Waals surface area contributed by atoms with Crippen LogP contribution in [0.3, 0.4) is 0 Å². The van der Waals surface area contributed by atoms with Gasteiger partial charge >= 0.3 is 6.18 Å². The van der Waals surface area contributed by atoms with Gasteiger partial charge in [0.2, 0.25) is 5.91 Å². The maximum absolute atomic E-state index is 12.3. The molecule has 0 aliphatic carbocycles. The maximum Gasteiger partial charge on any atom is 0.406 e. The third-order valence-electron chi connectivity index (χ3n) is 2.61. The molecule has 16 heavy (non-hydrogen) atoms. The van der Waals surface area contributed by atoms with Crippen LogP contribution < -0.4 is 5.32 Å². The predicted molar refractivity (Wildman–Crippen MR) is 53.9 cm³/mol. The van der Waals surface area contributed by atoms with E-state index < -0.39 is 30.7 Å². The summed E-state index contributed by atoms with van der Waals surface area (Å²) in [6.45, 7) is 2.73. The molecule has 1 aliphatic rings. The van der Waals surface area contributed by atoms with Crippen molar-refractivity contribution in [3.8, 4) is 0 Å². The molecule has 0 bridgehead atoms. The van der Waals surface area contributed by atoms with Gasteiger partial charge in [-0.2, -0.15) is 13.2 Å². The van der Waals surface area contributed by atoms with Crippen LogP contribution in [0.5, 0.6) is 0 Å². The van der Waals surface area contributed by atoms with Crippen LogP contribution in [0.4, 0.5) is 13.2 Å². The van der Waals surface area contributed by atoms with Crippen molar-refractivity contribution in [1.29, 1.82) is 0 Å². The summed E-state index contributed by atoms with van der Waals surface area (Å²) in [4.78, 5) is 12.7. The van der Waals surface area contributed by atoms with Gasteiger partial charge in [0.25, 0.3) is 0 Å². The average Bonchev–Trinajstić information content (AvgIpc) is 2.63. The Balaban J connectivity index is 2.65. The molecule has 0 saturated carbocycles. The topological polar surface area (TPSA) is 32.3 Å². The summed E-state index contributed by atoms with van der Waals surface area (Å²) in [6, 6.07) is -0.874. The number of halogens is 3. The summed E-state index contributed by atoms with van der Waals surface area (Å²) < 4.78 is 36.9. The minimum Gasteiger partial charge on any atom is -0.330 e. The molecule has 1 rings (SSSR count). The fraction of sp³-hybridized carbons (Fsp3) is 0.900. The van der Waals surface area contributed by atoms with Gasteiger partial charge in [-0.05, 0) is 33.2 Å². The molecule has 1 aliphatic heterocycles. The molecule has 1 atom stereocenters. The fourth-order valence-electron chi connectivity index (χ4n) is 1.80. The monoisotopic (exact) mass is 238 g/mol. The Labute approximate surface area is 93.0 Å². The number of nitrogens with one attached hydrogen (secondary N) is 1. The SMILES string of the molecule is CC(C)N(CC(F)(F)F)C(=O)[C@@H]1CCCN1. The molecule has 1 saturated heterocycles. The van der Waals surface area contributed by atoms with E-state index in [-0.39, 0.29) is 0 Å². The van der Waals surface area contributed by atoms with Gasteiger partial charge in [0.05, 0.1) is 6.04 Å². The number of amides is 1. The molecule has 0 aromatic carbocycles. The summed E-state index contributed by atoms with van der Waals surface area (Å²) >= 11 is 0. The smallest absolute Gasteiger partial charge is 0.330 e. The van der Waals surface area contributed by atoms with Gasteiger partial charge < -0.3 is 10.2 Å². The van der Waals surface area contributed by atoms with Crippen LogP contribution in [0.15, 0.2) is 0 Å². The van der Waals surface area contributed by atoms with Crippen LogP contribution >= 0.6 is 0 Å². The van der Waals surface area contributed by atoms with E-state index in [0.717, 1.165) is 11.3 Å². The minimum atomic E-state index is -4.33. The Hall–Kier alpha value is -0.780. The molecule has 1 N–H and O–H groups in total. The maximum atomic E-state index is 12.3. The van der Waals surface area contributed by atoms with E-state index in [4.69, 9.17) is 0 Å². The standard InChI is InChI=1S/C10H17F3N2O/c1-7(2)15(6-10(11,12)13)9(16)8-4-3-5-14-8/h7-8,14H,3-6H2,1-2H3/t8-/m0/s1. The van der Waals surface area contributed by atoms with Crippen LogP contribution in [0.1, 0.15) is 26.7 Å². The van der Waals surface area contributed by atoms with Crippen LogP contribution in [0.25, 0.3) is 0 Å². The van der Waals surface area contributed by atoms with Gasteiger partial charge in [0.1, 0.15) is 6.54 Å². The highest BCUT2D eigenvalue weighted by Gasteiger charge is 2.37. The van der Waals surface area contributed by atoms with Crippen molar-refractivity contribution >= 4 is 5.91 Å². The lowest BCUT2D eigenvalue weighted by molar-refractivity contribution is -0.165. The summed E-state index contributed by atoms with van der Waals surface area (Å²) in [7, 11) is 0. The molecule has 0 unspecified atom stereocenters. The van der Waals surface area contributed by atoms with Gasteiger partial charge in [-0.3, -0.25) is 4.79 Å². The van der Waals surface area contributed by atoms with E-state index in [1.807, 2.05) is 0 Å². The van der Waals surface area contributed by atoms with Gasteiger partial charge in [-0.15, -0.1) is 0 Å². The Morgan fingerprint density at radius 2 is 2.12 bits per heavy atom. The first-order chi connectivity index (χ1) is 7.31. The first-order valence-electron chi connectivity index (χ1n) is 5.42. The lowest BCUT2D eigenvalue weighted by Crippen LogP contribution is -2.50. The number of rotatable bonds is 3. The number of carbonyl (C=O) groups is 1. The van der Waals surface area contributed by atoms with Crippen LogP contribution in [-0.4, -0.2) is 42.2 Å². The quantitative estimate of drug-likeness (QED) is 0.808. The lowest BCUT2D eigenvalue weighted by atomic mass is 10.1. The average molecular weight is 238 g/mol. The second-order valence-electron chi connectivity index (χ2n) is 4.32. The minimum absolute atomic E-state index is 0.434. The highest BCUT2D eigenvalue weighted by Crippen LogP contribution is 2.20. The number of nitrogens with zero attached hydrogens (tertiary/aromatic N) is 1. The number of carbonyl (C=O) groups excluding carboxylic acids is 1. The number of hydrogen-bond acceptors (Lipinski definition) is 2. The van der Waals surface area contributed by atoms with Crippen molar-refractivity contribution in [2.24, 2.45) is 0 Å². The number of hydrogen-bond donors (Lipinski definition) is 1. The molecule has 1 fully saturated rings. The first kappa shape index (κ1) is 13.3. The van der Waals surface area contributed by atoms with E-state index in [0.29, 0.717) is 13.0 Å². The molecular formula is C10H17F3N2O. The normalized spacial score (nSPS) is 21.5. The fourth-order valence-corrected chi connectivity index (χ4v) is 1.80. The molecule has 94 valence electrons. The predicted octanol–water partition coefficient (Wildman–Crippen LogP) is 1.54. The molecule has 0 aromatic rings. The second-order valence-corrected chi connectivity index (χ2v) is 4.32. The molecule has 0 radical (unpaired) electrons. The van der Waals surface area contributed by atoms with E-state index in [2.05, 4.69) is 5.32 Å². The summed E-state index contributed by atoms with van der Waals surface area (Å²) in [5, 5.41) is 2.92. The van der Waals surface area contributed by atoms with E-state index in [1.165, 1.54) is 0 Å². The van der Waals surface area contributed by atoms with Gasteiger partial charge in [0, 0.05) is 6.04 Å². The highest BCUT2D eigenvalue weighted by molar-refractivity contribution is 5.82. The molecule has 0 aromatic heterocycles. The molecule has 3 nitrogen and oxygen atoms in total. The van der Waals surface area contributed by atoms with Crippen molar-refractivity contribution in [1.82, 2.24) is 10.2 Å². The largest absolute Gasteiger partial charge is 0.406 e. The van der Waals surface area contributed by atoms with E-state index >= 15 is 0 Å². The lowest BCUT2D eigenvalue weighted by Gasteiger charge is -2.30. The second kappa shape index (κ2) is 5.03. The van der Waals surface area contributed by atoms with Crippen molar-refractivity contribution in [2.45, 2.75) is 44.9 Å². The molecule has 1 amide bonds. The zero-order valence-electron chi connectivity index (χ0n) is 9.47. The third kappa shape index (κ3) is 3.66. The Morgan fingerprint density at radius 1 is 1.50 bits per heavy atom. The van der Waals surface area contributed by atoms with Crippen molar-refractivity contribution in [2.75, 3.05) is 13.1 Å². The Bertz CT molecular complexity index is 247. The number of alkyl halides is 3. The van der Waals surface area contributed by atoms with Crippen LogP contribution in [-0.2, 0) is 4.79 Å². The van der Waals surface area contributed by atoms with Gasteiger partial charge in [-0.1, -0.05) is 0 Å². The molecule has 6 heteroatoms. The van der Waals surface area contributed by atoms with Crippen molar-refractivity contribution in [3.05, 3.63) is 0 Å². The summed E-state index contributed by atoms with van der Waals surface area (Å²) in [5.74, 6) is -0.440. The Kier molecular flexibility index (Phi) is 4.18. The Morgan fingerprint density at radius 3 is 2.50 bits per heavy atom. The highest BCUT2D eigenvalue weighted by atomic mass is 19.4. The summed E-state index contributed by atoms with van der Waals surface area (Å²) in [6.07, 6.45) is -2.87. The van der Waals surface area contributed by atoms with Crippen molar-refractivity contribution in [3.63, 3.8) is 0 Å². The van der Waals surface area contributed by atoms with E-state index in [1.54, 1.807) is 13.8 Å². The van der Waals surface area contributed by atoms with Gasteiger partial charge in [0.15, 0.2) is 0 Å². The van der Waals surface area contributed by atoms with Crippen LogP contribution in [0, 0.1) is 0 Å². The van der Waals surface area contributed by atoms with Gasteiger partial charge in [-0.25, -0.2) is 0 Å². The van der Waals surface area contributed by atoms with Crippen LogP contribution in [0.2, 0.25) is 0 Å². The molecular weight excluding hydrogens is 221 g/mol. The zero-order valence-corrected chi connectivity index (χ0v) is 9.47. The molecule has 1 heterocycles. The third-order valence-corrected chi connectivity index (χ3v) is 2.61. The summed E-state index contributed by atoms with van der Waals surface area (Å²) in [5.41, 5.74) is 0. The molecule has 0 spiro atoms. The van der Waals surface area contributed by atoms with E-state index in [9.17, 15) is 18.0 Å².